The maximum atomic E-state index is 13.2. The van der Waals surface area contributed by atoms with Crippen molar-refractivity contribution in [1.29, 1.82) is 0 Å². The van der Waals surface area contributed by atoms with Gasteiger partial charge in [0.15, 0.2) is 0 Å². The van der Waals surface area contributed by atoms with E-state index in [1.54, 1.807) is 6.07 Å². The molecule has 4 unspecified atom stereocenters. The number of anilines is 1. The molecule has 7 heteroatoms. The van der Waals surface area contributed by atoms with Crippen LogP contribution in [-0.2, 0) is 17.8 Å². The lowest BCUT2D eigenvalue weighted by molar-refractivity contribution is 0.0980. The zero-order chi connectivity index (χ0) is 28.9. The lowest BCUT2D eigenvalue weighted by Gasteiger charge is -2.41. The number of rotatable bonds is 12. The molecule has 0 spiro atoms. The van der Waals surface area contributed by atoms with Crippen molar-refractivity contribution in [2.45, 2.75) is 83.3 Å². The van der Waals surface area contributed by atoms with E-state index < -0.39 is 11.4 Å². The highest BCUT2D eigenvalue weighted by Gasteiger charge is 2.38. The number of hydrogen-bond donors (Lipinski definition) is 1. The molecule has 0 bridgehead atoms. The first-order chi connectivity index (χ1) is 19.9. The maximum Gasteiger partial charge on any atom is 0.292 e. The molecule has 5 atom stereocenters. The Labute approximate surface area is 254 Å². The third kappa shape index (κ3) is 7.44. The Kier molecular flexibility index (Phi) is 10.3. The van der Waals surface area contributed by atoms with Crippen molar-refractivity contribution in [2.75, 3.05) is 24.6 Å². The first-order valence-electron chi connectivity index (χ1n) is 15.5. The van der Waals surface area contributed by atoms with E-state index in [-0.39, 0.29) is 17.1 Å². The van der Waals surface area contributed by atoms with Crippen molar-refractivity contribution in [3.63, 3.8) is 0 Å². The van der Waals surface area contributed by atoms with Crippen LogP contribution in [0.1, 0.15) is 93.1 Å². The largest absolute Gasteiger partial charge is 0.593 e. The number of fused-ring (bicyclic) bond motifs is 1. The van der Waals surface area contributed by atoms with E-state index >= 15 is 0 Å². The van der Waals surface area contributed by atoms with Crippen LogP contribution < -0.4 is 14.4 Å². The molecule has 1 heterocycles. The van der Waals surface area contributed by atoms with Gasteiger partial charge in [0.2, 0.25) is 0 Å². The van der Waals surface area contributed by atoms with Gasteiger partial charge in [0.25, 0.3) is 5.91 Å². The smallest absolute Gasteiger partial charge is 0.292 e. The molecule has 5 nitrogen and oxygen atoms in total. The van der Waals surface area contributed by atoms with E-state index in [1.807, 2.05) is 25.1 Å². The monoisotopic (exact) mass is 596 g/mol. The van der Waals surface area contributed by atoms with Gasteiger partial charge in [-0.15, -0.1) is 0 Å². The molecule has 2 aliphatic carbocycles. The minimum Gasteiger partial charge on any atom is -0.593 e. The van der Waals surface area contributed by atoms with Crippen LogP contribution in [0.3, 0.4) is 0 Å². The van der Waals surface area contributed by atoms with Crippen LogP contribution in [0.2, 0.25) is 5.02 Å². The highest BCUT2D eigenvalue weighted by Crippen LogP contribution is 2.42. The average molecular weight is 597 g/mol. The third-order valence-electron chi connectivity index (χ3n) is 9.19. The molecule has 2 saturated carbocycles. The average Bonchev–Trinajstić information content (AvgIpc) is 3.81. The molecule has 5 rings (SSSR count). The number of carbonyl (C=O) groups excluding carboxylic acids is 1. The normalized spacial score (nSPS) is 23.7. The van der Waals surface area contributed by atoms with Crippen molar-refractivity contribution in [2.24, 2.45) is 17.8 Å². The summed E-state index contributed by atoms with van der Waals surface area (Å²) >= 11 is 5.02. The van der Waals surface area contributed by atoms with Crippen molar-refractivity contribution in [3.8, 4) is 5.75 Å². The molecule has 1 amide bonds. The van der Waals surface area contributed by atoms with Gasteiger partial charge in [0, 0.05) is 35.5 Å². The second-order valence-corrected chi connectivity index (χ2v) is 14.2. The van der Waals surface area contributed by atoms with Crippen LogP contribution >= 0.6 is 11.6 Å². The summed E-state index contributed by atoms with van der Waals surface area (Å²) in [7, 11) is 0. The molecule has 1 aliphatic heterocycles. The number of nitrogens with one attached hydrogen (secondary N) is 1. The van der Waals surface area contributed by atoms with Gasteiger partial charge in [-0.2, -0.15) is 4.72 Å². The van der Waals surface area contributed by atoms with Crippen molar-refractivity contribution >= 4 is 34.6 Å². The van der Waals surface area contributed by atoms with Gasteiger partial charge in [-0.05, 0) is 105 Å². The highest BCUT2D eigenvalue weighted by atomic mass is 35.5. The van der Waals surface area contributed by atoms with Crippen LogP contribution in [0, 0.1) is 17.8 Å². The number of halogens is 1. The molecule has 0 aromatic heterocycles. The molecular weight excluding hydrogens is 552 g/mol. The Hall–Kier alpha value is -2.15. The van der Waals surface area contributed by atoms with Crippen LogP contribution in [0.5, 0.6) is 5.75 Å². The van der Waals surface area contributed by atoms with E-state index in [9.17, 15) is 9.35 Å². The summed E-state index contributed by atoms with van der Waals surface area (Å²) in [5, 5.41) is 0.753. The molecule has 2 aromatic carbocycles. The van der Waals surface area contributed by atoms with Gasteiger partial charge in [0.1, 0.15) is 11.0 Å². The number of hydrogen-bond acceptors (Lipinski definition) is 4. The number of allylic oxidation sites excluding steroid dienone is 2. The summed E-state index contributed by atoms with van der Waals surface area (Å²) in [6.07, 6.45) is 13.5. The standard InChI is InChI=1S/C34H45ClN2O3S/c1-4-6-7-9-25-12-13-28(25)20-37-21-29(31-16-15-30(35)18-26(31)8-5-2)22-40-33-17-14-27(19-32(33)37)34(38)36-41(39)23(3)24-10-11-24/h6-7,14-19,23-25,28-29H,4-5,8-13,20-22H2,1-3H3,(H,36,38)/b7-6+/t23?,25-,28?,29?,41?/m1/s1. The van der Waals surface area contributed by atoms with Gasteiger partial charge >= 0.3 is 0 Å². The molecular formula is C34H45ClN2O3S. The summed E-state index contributed by atoms with van der Waals surface area (Å²) in [6.45, 7) is 8.67. The predicted molar refractivity (Wildman–Crippen MR) is 170 cm³/mol. The minimum absolute atomic E-state index is 0.0191. The van der Waals surface area contributed by atoms with Crippen LogP contribution in [0.15, 0.2) is 48.6 Å². The summed E-state index contributed by atoms with van der Waals surface area (Å²) in [6, 6.07) is 11.9. The number of amides is 1. The number of ether oxygens (including phenoxy) is 1. The van der Waals surface area contributed by atoms with Crippen molar-refractivity contribution in [3.05, 3.63) is 70.3 Å². The van der Waals surface area contributed by atoms with E-state index in [1.165, 1.54) is 24.0 Å². The second-order valence-electron chi connectivity index (χ2n) is 12.2. The van der Waals surface area contributed by atoms with E-state index in [0.29, 0.717) is 29.9 Å². The first-order valence-corrected chi connectivity index (χ1v) is 17.1. The third-order valence-corrected chi connectivity index (χ3v) is 10.9. The lowest BCUT2D eigenvalue weighted by Crippen LogP contribution is -2.40. The summed E-state index contributed by atoms with van der Waals surface area (Å²) in [4.78, 5) is 15.7. The van der Waals surface area contributed by atoms with Gasteiger partial charge in [-0.3, -0.25) is 4.79 Å². The van der Waals surface area contributed by atoms with Crippen molar-refractivity contribution < 1.29 is 14.1 Å². The molecule has 3 aliphatic rings. The molecule has 2 aromatic rings. The zero-order valence-corrected chi connectivity index (χ0v) is 26.3. The number of benzene rings is 2. The molecule has 0 saturated heterocycles. The Morgan fingerprint density at radius 3 is 2.66 bits per heavy atom. The van der Waals surface area contributed by atoms with Crippen LogP contribution in [-0.4, -0.2) is 35.4 Å². The fourth-order valence-corrected chi connectivity index (χ4v) is 7.65. The Bertz CT molecular complexity index is 1230. The first kappa shape index (κ1) is 30.3. The molecule has 1 N–H and O–H groups in total. The Morgan fingerprint density at radius 1 is 1.15 bits per heavy atom. The number of nitrogens with zero attached hydrogens (tertiary/aromatic N) is 1. The summed E-state index contributed by atoms with van der Waals surface area (Å²) < 4.78 is 22.0. The quantitative estimate of drug-likeness (QED) is 0.200. The molecule has 222 valence electrons. The Balaban J connectivity index is 1.41. The lowest BCUT2D eigenvalue weighted by atomic mass is 9.71. The minimum atomic E-state index is -1.39. The van der Waals surface area contributed by atoms with Gasteiger partial charge in [-0.1, -0.05) is 50.1 Å². The zero-order valence-electron chi connectivity index (χ0n) is 24.7. The Morgan fingerprint density at radius 2 is 1.95 bits per heavy atom. The van der Waals surface area contributed by atoms with E-state index in [2.05, 4.69) is 47.8 Å². The van der Waals surface area contributed by atoms with E-state index in [0.717, 1.165) is 68.1 Å². The van der Waals surface area contributed by atoms with Crippen LogP contribution in [0.4, 0.5) is 5.69 Å². The number of carbonyl (C=O) groups is 1. The van der Waals surface area contributed by atoms with Crippen LogP contribution in [0.25, 0.3) is 0 Å². The van der Waals surface area contributed by atoms with Gasteiger partial charge in [0.05, 0.1) is 23.7 Å². The molecule has 2 fully saturated rings. The van der Waals surface area contributed by atoms with Crippen molar-refractivity contribution in [1.82, 2.24) is 4.72 Å². The topological polar surface area (TPSA) is 64.6 Å². The summed E-state index contributed by atoms with van der Waals surface area (Å²) in [5.74, 6) is 2.46. The maximum absolute atomic E-state index is 13.2. The fraction of sp³-hybridized carbons (Fsp3) is 0.559. The fourth-order valence-electron chi connectivity index (χ4n) is 6.35. The molecule has 41 heavy (non-hydrogen) atoms. The van der Waals surface area contributed by atoms with Gasteiger partial charge < -0.3 is 14.2 Å². The number of aryl methyl sites for hydroxylation is 1. The SMILES string of the molecule is CC/C=C/C[C@@H]1CCC1CN1CC(c2ccc(Cl)cc2CCC)COc2ccc(C(=O)N[S+]([O-])C(C)C3CC3)cc21. The highest BCUT2D eigenvalue weighted by molar-refractivity contribution is 7.90. The van der Waals surface area contributed by atoms with E-state index in [4.69, 9.17) is 16.3 Å². The van der Waals surface area contributed by atoms with Gasteiger partial charge in [-0.25, -0.2) is 0 Å². The molecule has 0 radical (unpaired) electrons. The second kappa shape index (κ2) is 13.9. The predicted octanol–water partition coefficient (Wildman–Crippen LogP) is 7.85. The summed E-state index contributed by atoms with van der Waals surface area (Å²) in [5.41, 5.74) is 4.08.